The first-order valence-corrected chi connectivity index (χ1v) is 10.3. The summed E-state index contributed by atoms with van der Waals surface area (Å²) in [5.74, 6) is -3.91. The van der Waals surface area contributed by atoms with Gasteiger partial charge in [0.15, 0.2) is 5.78 Å². The number of nitrogens with one attached hydrogen (secondary N) is 2. The summed E-state index contributed by atoms with van der Waals surface area (Å²) in [4.78, 5) is 26.5. The maximum atomic E-state index is 14.2. The van der Waals surface area contributed by atoms with Gasteiger partial charge in [-0.3, -0.25) is 9.59 Å². The van der Waals surface area contributed by atoms with Gasteiger partial charge in [0.2, 0.25) is 0 Å². The molecule has 7 heteroatoms. The largest absolute Gasteiger partial charge is 0.362 e. The van der Waals surface area contributed by atoms with Gasteiger partial charge in [-0.15, -0.1) is 0 Å². The highest BCUT2D eigenvalue weighted by molar-refractivity contribution is 6.10. The lowest BCUT2D eigenvalue weighted by Crippen LogP contribution is -2.39. The Balaban J connectivity index is 1.82. The minimum Gasteiger partial charge on any atom is -0.362 e. The zero-order valence-corrected chi connectivity index (χ0v) is 18.0. The summed E-state index contributed by atoms with van der Waals surface area (Å²) in [6, 6.07) is 8.86. The fourth-order valence-corrected chi connectivity index (χ4v) is 4.52. The minimum atomic E-state index is -0.908. The molecule has 2 aromatic rings. The van der Waals surface area contributed by atoms with Gasteiger partial charge in [-0.25, -0.2) is 13.2 Å². The number of Topliss-reactive ketones (excluding diaryl/α,β-unsaturated/α-hetero) is 1. The number of dihydropyridines is 1. The average Bonchev–Trinajstić information content (AvgIpc) is 2.69. The van der Waals surface area contributed by atoms with Crippen molar-refractivity contribution in [2.45, 2.75) is 39.5 Å². The van der Waals surface area contributed by atoms with Gasteiger partial charge in [-0.05, 0) is 48.6 Å². The molecule has 0 fully saturated rings. The number of benzene rings is 2. The molecule has 32 heavy (non-hydrogen) atoms. The molecule has 1 amide bonds. The van der Waals surface area contributed by atoms with E-state index < -0.39 is 35.0 Å². The lowest BCUT2D eigenvalue weighted by molar-refractivity contribution is -0.118. The minimum absolute atomic E-state index is 0.118. The molecule has 0 saturated carbocycles. The molecule has 0 spiro atoms. The SMILES string of the molecule is CC1=C(C(=O)Nc2c(F)cccc2F)C(c2ccc(F)cc2)C2=C(CC(C)(C)CC2=O)N1. The first-order valence-electron chi connectivity index (χ1n) is 10.3. The van der Waals surface area contributed by atoms with E-state index in [-0.39, 0.29) is 16.8 Å². The van der Waals surface area contributed by atoms with E-state index >= 15 is 0 Å². The summed E-state index contributed by atoms with van der Waals surface area (Å²) in [6.45, 7) is 5.66. The normalized spacial score (nSPS) is 20.1. The van der Waals surface area contributed by atoms with Crippen LogP contribution in [-0.2, 0) is 9.59 Å². The van der Waals surface area contributed by atoms with Crippen LogP contribution in [-0.4, -0.2) is 11.7 Å². The molecule has 1 aliphatic carbocycles. The summed E-state index contributed by atoms with van der Waals surface area (Å²) in [7, 11) is 0. The number of allylic oxidation sites excluding steroid dienone is 3. The van der Waals surface area contributed by atoms with Crippen LogP contribution in [0, 0.1) is 22.9 Å². The van der Waals surface area contributed by atoms with Gasteiger partial charge in [0.1, 0.15) is 23.1 Å². The second-order valence-electron chi connectivity index (χ2n) is 9.03. The van der Waals surface area contributed by atoms with Crippen LogP contribution in [0.4, 0.5) is 18.9 Å². The summed E-state index contributed by atoms with van der Waals surface area (Å²) >= 11 is 0. The number of ketones is 1. The Hall–Kier alpha value is -3.35. The van der Waals surface area contributed by atoms with Crippen molar-refractivity contribution >= 4 is 17.4 Å². The summed E-state index contributed by atoms with van der Waals surface area (Å²) in [5, 5.41) is 5.50. The van der Waals surface area contributed by atoms with Crippen LogP contribution in [0.15, 0.2) is 65.0 Å². The maximum absolute atomic E-state index is 14.2. The molecular formula is C25H23F3N2O2. The van der Waals surface area contributed by atoms with Crippen LogP contribution in [0.5, 0.6) is 0 Å². The first kappa shape index (κ1) is 21.9. The van der Waals surface area contributed by atoms with Crippen LogP contribution < -0.4 is 10.6 Å². The van der Waals surface area contributed by atoms with Gasteiger partial charge >= 0.3 is 0 Å². The van der Waals surface area contributed by atoms with Crippen molar-refractivity contribution in [1.29, 1.82) is 0 Å². The van der Waals surface area contributed by atoms with Crippen molar-refractivity contribution in [3.8, 4) is 0 Å². The molecule has 1 unspecified atom stereocenters. The number of carbonyl (C=O) groups excluding carboxylic acids is 2. The zero-order chi connectivity index (χ0) is 23.2. The predicted octanol–water partition coefficient (Wildman–Crippen LogP) is 5.35. The van der Waals surface area contributed by atoms with Crippen LogP contribution in [0.25, 0.3) is 0 Å². The van der Waals surface area contributed by atoms with Crippen LogP contribution in [0.2, 0.25) is 0 Å². The van der Waals surface area contributed by atoms with Gasteiger partial charge in [0.25, 0.3) is 5.91 Å². The quantitative estimate of drug-likeness (QED) is 0.677. The first-order chi connectivity index (χ1) is 15.1. The third-order valence-corrected chi connectivity index (χ3v) is 5.89. The fourth-order valence-electron chi connectivity index (χ4n) is 4.52. The monoisotopic (exact) mass is 440 g/mol. The van der Waals surface area contributed by atoms with Crippen molar-refractivity contribution in [3.05, 3.63) is 88.0 Å². The standard InChI is InChI=1S/C25H23F3N2O2/c1-13-20(24(32)30-23-16(27)5-4-6-17(23)28)21(14-7-9-15(26)10-8-14)22-18(29-13)11-25(2,3)12-19(22)31/h4-10,21,29H,11-12H2,1-3H3,(H,30,32). The van der Waals surface area contributed by atoms with E-state index in [2.05, 4.69) is 10.6 Å². The molecule has 0 saturated heterocycles. The number of para-hydroxylation sites is 1. The Morgan fingerprint density at radius 3 is 2.28 bits per heavy atom. The molecule has 2 aromatic carbocycles. The molecule has 0 aromatic heterocycles. The maximum Gasteiger partial charge on any atom is 0.254 e. The van der Waals surface area contributed by atoms with Gasteiger partial charge in [0.05, 0.1) is 0 Å². The Bertz CT molecular complexity index is 1160. The lowest BCUT2D eigenvalue weighted by Gasteiger charge is -2.39. The van der Waals surface area contributed by atoms with Crippen LogP contribution >= 0.6 is 0 Å². The van der Waals surface area contributed by atoms with Crippen molar-refractivity contribution in [2.75, 3.05) is 5.32 Å². The van der Waals surface area contributed by atoms with E-state index in [1.54, 1.807) is 6.92 Å². The summed E-state index contributed by atoms with van der Waals surface area (Å²) in [5.41, 5.74) is 1.50. The molecule has 1 aliphatic heterocycles. The number of amides is 1. The molecule has 4 rings (SSSR count). The average molecular weight is 440 g/mol. The fraction of sp³-hybridized carbons (Fsp3) is 0.280. The summed E-state index contributed by atoms with van der Waals surface area (Å²) < 4.78 is 41.9. The zero-order valence-electron chi connectivity index (χ0n) is 18.0. The van der Waals surface area contributed by atoms with E-state index in [0.29, 0.717) is 35.4 Å². The molecule has 4 nitrogen and oxygen atoms in total. The Morgan fingerprint density at radius 1 is 1.03 bits per heavy atom. The van der Waals surface area contributed by atoms with Gasteiger partial charge < -0.3 is 10.6 Å². The third-order valence-electron chi connectivity index (χ3n) is 5.89. The van der Waals surface area contributed by atoms with Crippen molar-refractivity contribution in [1.82, 2.24) is 5.32 Å². The number of rotatable bonds is 3. The molecule has 1 atom stereocenters. The van der Waals surface area contributed by atoms with E-state index in [0.717, 1.165) is 12.1 Å². The van der Waals surface area contributed by atoms with Gasteiger partial charge in [-0.2, -0.15) is 0 Å². The number of anilines is 1. The van der Waals surface area contributed by atoms with Crippen LogP contribution in [0.1, 0.15) is 45.1 Å². The number of hydrogen-bond acceptors (Lipinski definition) is 3. The number of halogens is 3. The van der Waals surface area contributed by atoms with Crippen molar-refractivity contribution in [2.24, 2.45) is 5.41 Å². The van der Waals surface area contributed by atoms with E-state index in [9.17, 15) is 22.8 Å². The second-order valence-corrected chi connectivity index (χ2v) is 9.03. The highest BCUT2D eigenvalue weighted by Gasteiger charge is 2.42. The number of carbonyl (C=O) groups is 2. The van der Waals surface area contributed by atoms with Crippen molar-refractivity contribution < 1.29 is 22.8 Å². The highest BCUT2D eigenvalue weighted by Crippen LogP contribution is 2.46. The molecule has 0 bridgehead atoms. The molecule has 166 valence electrons. The molecular weight excluding hydrogens is 417 g/mol. The second kappa shape index (κ2) is 7.97. The van der Waals surface area contributed by atoms with Crippen LogP contribution in [0.3, 0.4) is 0 Å². The predicted molar refractivity (Wildman–Crippen MR) is 115 cm³/mol. The number of hydrogen-bond donors (Lipinski definition) is 2. The Kier molecular flexibility index (Phi) is 5.44. The smallest absolute Gasteiger partial charge is 0.254 e. The van der Waals surface area contributed by atoms with Gasteiger partial charge in [-0.1, -0.05) is 32.0 Å². The van der Waals surface area contributed by atoms with Gasteiger partial charge in [0, 0.05) is 34.9 Å². The van der Waals surface area contributed by atoms with E-state index in [4.69, 9.17) is 0 Å². The Labute approximate surface area is 184 Å². The lowest BCUT2D eigenvalue weighted by atomic mass is 9.68. The Morgan fingerprint density at radius 2 is 1.66 bits per heavy atom. The van der Waals surface area contributed by atoms with E-state index in [1.165, 1.54) is 30.3 Å². The summed E-state index contributed by atoms with van der Waals surface area (Å²) in [6.07, 6.45) is 0.890. The van der Waals surface area contributed by atoms with Crippen molar-refractivity contribution in [3.63, 3.8) is 0 Å². The molecule has 2 aliphatic rings. The molecule has 2 N–H and O–H groups in total. The topological polar surface area (TPSA) is 58.2 Å². The molecule has 0 radical (unpaired) electrons. The molecule has 1 heterocycles. The highest BCUT2D eigenvalue weighted by atomic mass is 19.1. The third kappa shape index (κ3) is 3.95. The van der Waals surface area contributed by atoms with E-state index in [1.807, 2.05) is 13.8 Å².